The van der Waals surface area contributed by atoms with Gasteiger partial charge < -0.3 is 16.3 Å². The number of halogens is 2. The Morgan fingerprint density at radius 2 is 2.20 bits per heavy atom. The summed E-state index contributed by atoms with van der Waals surface area (Å²) in [7, 11) is 0. The summed E-state index contributed by atoms with van der Waals surface area (Å²) in [4.78, 5) is 12.5. The van der Waals surface area contributed by atoms with Gasteiger partial charge >= 0.3 is 0 Å². The van der Waals surface area contributed by atoms with E-state index >= 15 is 0 Å². The molecule has 0 saturated carbocycles. The maximum Gasteiger partial charge on any atom is 0.266 e. The van der Waals surface area contributed by atoms with Gasteiger partial charge in [-0.1, -0.05) is 5.16 Å². The lowest BCUT2D eigenvalue weighted by molar-refractivity contribution is 0.103. The van der Waals surface area contributed by atoms with Gasteiger partial charge in [-0.05, 0) is 45.6 Å². The summed E-state index contributed by atoms with van der Waals surface area (Å²) in [6, 6.07) is 5.57. The summed E-state index contributed by atoms with van der Waals surface area (Å²) in [6.07, 6.45) is 0. The van der Waals surface area contributed by atoms with Crippen LogP contribution in [0.5, 0.6) is 0 Å². The second-order valence-corrected chi connectivity index (χ2v) is 5.50. The van der Waals surface area contributed by atoms with Crippen molar-refractivity contribution in [2.45, 2.75) is 0 Å². The summed E-state index contributed by atoms with van der Waals surface area (Å²) in [5, 5.41) is 15.7. The minimum Gasteiger partial charge on any atom is -0.409 e. The van der Waals surface area contributed by atoms with Gasteiger partial charge in [0.05, 0.1) is 5.56 Å². The Hall–Kier alpha value is -1.93. The van der Waals surface area contributed by atoms with E-state index in [0.717, 1.165) is 6.07 Å². The van der Waals surface area contributed by atoms with Crippen LogP contribution in [0.4, 0.5) is 10.1 Å². The summed E-state index contributed by atoms with van der Waals surface area (Å²) in [5.74, 6) is -1.34. The van der Waals surface area contributed by atoms with Gasteiger partial charge in [-0.15, -0.1) is 11.3 Å². The molecule has 8 heteroatoms. The van der Waals surface area contributed by atoms with Crippen LogP contribution in [-0.2, 0) is 0 Å². The summed E-state index contributed by atoms with van der Waals surface area (Å²) in [6.45, 7) is 0. The number of nitrogens with one attached hydrogen (secondary N) is 1. The Kier molecular flexibility index (Phi) is 4.35. The summed E-state index contributed by atoms with van der Waals surface area (Å²) in [5.41, 5.74) is 5.61. The molecule has 0 saturated heterocycles. The molecule has 1 aromatic carbocycles. The lowest BCUT2D eigenvalue weighted by atomic mass is 10.1. The molecule has 5 nitrogen and oxygen atoms in total. The van der Waals surface area contributed by atoms with Crippen molar-refractivity contribution in [2.24, 2.45) is 10.9 Å². The van der Waals surface area contributed by atoms with E-state index in [2.05, 4.69) is 26.4 Å². The van der Waals surface area contributed by atoms with Crippen LogP contribution >= 0.6 is 27.3 Å². The van der Waals surface area contributed by atoms with Crippen molar-refractivity contribution in [1.29, 1.82) is 0 Å². The zero-order valence-electron chi connectivity index (χ0n) is 9.93. The molecule has 1 aromatic heterocycles. The molecule has 0 aliphatic heterocycles. The molecule has 20 heavy (non-hydrogen) atoms. The molecule has 1 heterocycles. The number of hydrogen-bond acceptors (Lipinski definition) is 4. The average molecular weight is 358 g/mol. The Morgan fingerprint density at radius 3 is 2.80 bits per heavy atom. The number of carbonyl (C=O) groups is 1. The number of amides is 1. The second-order valence-electron chi connectivity index (χ2n) is 3.73. The van der Waals surface area contributed by atoms with Crippen molar-refractivity contribution in [3.05, 3.63) is 50.4 Å². The van der Waals surface area contributed by atoms with Gasteiger partial charge in [0.1, 0.15) is 10.7 Å². The van der Waals surface area contributed by atoms with E-state index < -0.39 is 5.82 Å². The SMILES string of the molecule is NC(=NO)c1cc(NC(=O)c2sccc2Br)ccc1F. The number of anilines is 1. The second kappa shape index (κ2) is 6.02. The van der Waals surface area contributed by atoms with E-state index in [-0.39, 0.29) is 17.3 Å². The van der Waals surface area contributed by atoms with Crippen molar-refractivity contribution in [1.82, 2.24) is 0 Å². The molecule has 2 aromatic rings. The van der Waals surface area contributed by atoms with Gasteiger partial charge in [0, 0.05) is 10.2 Å². The van der Waals surface area contributed by atoms with Gasteiger partial charge in [-0.2, -0.15) is 0 Å². The lowest BCUT2D eigenvalue weighted by Crippen LogP contribution is -2.16. The zero-order valence-corrected chi connectivity index (χ0v) is 12.3. The number of thiophene rings is 1. The molecule has 1 amide bonds. The molecule has 0 bridgehead atoms. The van der Waals surface area contributed by atoms with Crippen molar-refractivity contribution in [2.75, 3.05) is 5.32 Å². The van der Waals surface area contributed by atoms with Crippen LogP contribution in [0, 0.1) is 5.82 Å². The van der Waals surface area contributed by atoms with Crippen LogP contribution < -0.4 is 11.1 Å². The molecule has 0 spiro atoms. The van der Waals surface area contributed by atoms with Crippen LogP contribution in [0.25, 0.3) is 0 Å². The van der Waals surface area contributed by atoms with E-state index in [4.69, 9.17) is 10.9 Å². The molecule has 0 fully saturated rings. The molecular weight excluding hydrogens is 349 g/mol. The topological polar surface area (TPSA) is 87.7 Å². The Balaban J connectivity index is 2.27. The first-order valence-corrected chi connectivity index (χ1v) is 7.02. The number of nitrogens with zero attached hydrogens (tertiary/aromatic N) is 1. The maximum absolute atomic E-state index is 13.5. The predicted molar refractivity (Wildman–Crippen MR) is 78.9 cm³/mol. The molecule has 0 unspecified atom stereocenters. The molecule has 0 aliphatic carbocycles. The Bertz CT molecular complexity index is 687. The smallest absolute Gasteiger partial charge is 0.266 e. The van der Waals surface area contributed by atoms with E-state index in [1.165, 1.54) is 23.5 Å². The maximum atomic E-state index is 13.5. The number of amidine groups is 1. The number of benzene rings is 1. The molecule has 0 atom stereocenters. The highest BCUT2D eigenvalue weighted by atomic mass is 79.9. The third kappa shape index (κ3) is 2.97. The predicted octanol–water partition coefficient (Wildman–Crippen LogP) is 3.00. The van der Waals surface area contributed by atoms with E-state index in [0.29, 0.717) is 15.0 Å². The monoisotopic (exact) mass is 357 g/mol. The molecule has 0 aliphatic rings. The van der Waals surface area contributed by atoms with Gasteiger partial charge in [-0.3, -0.25) is 4.79 Å². The highest BCUT2D eigenvalue weighted by Gasteiger charge is 2.14. The summed E-state index contributed by atoms with van der Waals surface area (Å²) < 4.78 is 14.2. The molecule has 4 N–H and O–H groups in total. The van der Waals surface area contributed by atoms with Gasteiger partial charge in [-0.25, -0.2) is 4.39 Å². The number of oxime groups is 1. The fourth-order valence-electron chi connectivity index (χ4n) is 1.50. The fraction of sp³-hybridized carbons (Fsp3) is 0. The van der Waals surface area contributed by atoms with Crippen LogP contribution in [0.15, 0.2) is 39.3 Å². The van der Waals surface area contributed by atoms with Crippen LogP contribution in [0.3, 0.4) is 0 Å². The molecule has 104 valence electrons. The standard InChI is InChI=1S/C12H9BrFN3O2S/c13-8-3-4-20-10(8)12(18)16-6-1-2-9(14)7(5-6)11(15)17-19/h1-5,19H,(H2,15,17)(H,16,18). The highest BCUT2D eigenvalue weighted by Crippen LogP contribution is 2.24. The Labute approximate surface area is 126 Å². The van der Waals surface area contributed by atoms with Crippen molar-refractivity contribution >= 4 is 44.7 Å². The van der Waals surface area contributed by atoms with E-state index in [9.17, 15) is 9.18 Å². The zero-order chi connectivity index (χ0) is 14.7. The van der Waals surface area contributed by atoms with Crippen LogP contribution in [0.1, 0.15) is 15.2 Å². The molecular formula is C12H9BrFN3O2S. The fourth-order valence-corrected chi connectivity index (χ4v) is 2.94. The lowest BCUT2D eigenvalue weighted by Gasteiger charge is -2.07. The van der Waals surface area contributed by atoms with Crippen LogP contribution in [-0.4, -0.2) is 17.0 Å². The minimum atomic E-state index is -0.643. The summed E-state index contributed by atoms with van der Waals surface area (Å²) >= 11 is 4.53. The van der Waals surface area contributed by atoms with Gasteiger partial charge in [0.2, 0.25) is 0 Å². The average Bonchev–Trinajstić information content (AvgIpc) is 2.86. The number of hydrogen-bond donors (Lipinski definition) is 3. The first-order chi connectivity index (χ1) is 9.52. The minimum absolute atomic E-state index is 0.0875. The highest BCUT2D eigenvalue weighted by molar-refractivity contribution is 9.10. The van der Waals surface area contributed by atoms with Gasteiger partial charge in [0.15, 0.2) is 5.84 Å². The first kappa shape index (κ1) is 14.5. The van der Waals surface area contributed by atoms with Crippen molar-refractivity contribution < 1.29 is 14.4 Å². The number of carbonyl (C=O) groups excluding carboxylic acids is 1. The van der Waals surface area contributed by atoms with E-state index in [1.54, 1.807) is 11.4 Å². The number of rotatable bonds is 3. The van der Waals surface area contributed by atoms with E-state index in [1.807, 2.05) is 0 Å². The quantitative estimate of drug-likeness (QED) is 0.341. The van der Waals surface area contributed by atoms with Gasteiger partial charge in [0.25, 0.3) is 5.91 Å². The first-order valence-electron chi connectivity index (χ1n) is 5.34. The normalized spacial score (nSPS) is 11.4. The van der Waals surface area contributed by atoms with Crippen molar-refractivity contribution in [3.8, 4) is 0 Å². The molecule has 0 radical (unpaired) electrons. The Morgan fingerprint density at radius 1 is 1.45 bits per heavy atom. The van der Waals surface area contributed by atoms with Crippen molar-refractivity contribution in [3.63, 3.8) is 0 Å². The largest absolute Gasteiger partial charge is 0.409 e. The third-order valence-corrected chi connectivity index (χ3v) is 4.27. The molecule has 2 rings (SSSR count). The number of nitrogens with two attached hydrogens (primary N) is 1. The third-order valence-electron chi connectivity index (χ3n) is 2.43. The van der Waals surface area contributed by atoms with Crippen LogP contribution in [0.2, 0.25) is 0 Å².